The minimum atomic E-state index is -0.670. The van der Waals surface area contributed by atoms with Gasteiger partial charge in [-0.25, -0.2) is 9.79 Å². The van der Waals surface area contributed by atoms with Gasteiger partial charge in [-0.1, -0.05) is 6.07 Å². The molecule has 0 spiro atoms. The Hall–Kier alpha value is -2.74. The number of aromatic hydroxyl groups is 1. The molecule has 7 nitrogen and oxygen atoms in total. The lowest BCUT2D eigenvalue weighted by molar-refractivity contribution is -0.385. The molecule has 126 valence electrons. The summed E-state index contributed by atoms with van der Waals surface area (Å²) in [5, 5.41) is 21.2. The molecule has 8 heteroatoms. The highest BCUT2D eigenvalue weighted by Gasteiger charge is 2.20. The second-order valence-electron chi connectivity index (χ2n) is 4.91. The van der Waals surface area contributed by atoms with E-state index in [0.29, 0.717) is 10.6 Å². The first-order chi connectivity index (χ1) is 11.4. The molecule has 0 atom stereocenters. The van der Waals surface area contributed by atoms with Gasteiger partial charge in [0.1, 0.15) is 5.00 Å². The zero-order chi connectivity index (χ0) is 17.9. The molecule has 2 aromatic rings. The Bertz CT molecular complexity index is 826. The third-order valence-corrected chi connectivity index (χ3v) is 4.53. The quantitative estimate of drug-likeness (QED) is 0.382. The molecule has 0 fully saturated rings. The summed E-state index contributed by atoms with van der Waals surface area (Å²) in [6.45, 7) is 5.65. The van der Waals surface area contributed by atoms with E-state index >= 15 is 0 Å². The molecule has 0 bridgehead atoms. The largest absolute Gasteiger partial charge is 0.502 e. The zero-order valence-corrected chi connectivity index (χ0v) is 14.2. The van der Waals surface area contributed by atoms with Crippen molar-refractivity contribution in [1.82, 2.24) is 0 Å². The van der Waals surface area contributed by atoms with Crippen molar-refractivity contribution in [2.45, 2.75) is 20.8 Å². The molecule has 2 rings (SSSR count). The van der Waals surface area contributed by atoms with Gasteiger partial charge in [-0.2, -0.15) is 0 Å². The van der Waals surface area contributed by atoms with Gasteiger partial charge in [0.25, 0.3) is 0 Å². The van der Waals surface area contributed by atoms with Gasteiger partial charge in [0.15, 0.2) is 0 Å². The summed E-state index contributed by atoms with van der Waals surface area (Å²) >= 11 is 1.32. The molecular formula is C16H16N2O5S. The Morgan fingerprint density at radius 2 is 2.17 bits per heavy atom. The van der Waals surface area contributed by atoms with E-state index in [1.165, 1.54) is 35.8 Å². The maximum atomic E-state index is 12.1. The van der Waals surface area contributed by atoms with Gasteiger partial charge < -0.3 is 9.84 Å². The number of hydrogen-bond donors (Lipinski definition) is 1. The van der Waals surface area contributed by atoms with Crippen molar-refractivity contribution in [2.75, 3.05) is 6.61 Å². The van der Waals surface area contributed by atoms with Crippen molar-refractivity contribution in [3.63, 3.8) is 0 Å². The van der Waals surface area contributed by atoms with Gasteiger partial charge in [0.2, 0.25) is 5.75 Å². The van der Waals surface area contributed by atoms with E-state index < -0.39 is 22.3 Å². The van der Waals surface area contributed by atoms with Gasteiger partial charge in [-0.3, -0.25) is 10.1 Å². The smallest absolute Gasteiger partial charge is 0.341 e. The second kappa shape index (κ2) is 7.22. The fraction of sp³-hybridized carbons (Fsp3) is 0.250. The summed E-state index contributed by atoms with van der Waals surface area (Å²) < 4.78 is 5.04. The second-order valence-corrected chi connectivity index (χ2v) is 6.12. The maximum absolute atomic E-state index is 12.1. The molecule has 0 saturated carbocycles. The van der Waals surface area contributed by atoms with E-state index in [-0.39, 0.29) is 12.2 Å². The predicted molar refractivity (Wildman–Crippen MR) is 91.8 cm³/mol. The van der Waals surface area contributed by atoms with Crippen LogP contribution in [0.4, 0.5) is 10.7 Å². The number of nitrogens with zero attached hydrogens (tertiary/aromatic N) is 2. The van der Waals surface area contributed by atoms with E-state index in [1.54, 1.807) is 6.92 Å². The molecule has 1 N–H and O–H groups in total. The lowest BCUT2D eigenvalue weighted by Crippen LogP contribution is -2.05. The van der Waals surface area contributed by atoms with Crippen molar-refractivity contribution in [1.29, 1.82) is 0 Å². The third-order valence-electron chi connectivity index (χ3n) is 3.41. The number of thiophene rings is 1. The number of carbonyl (C=O) groups is 1. The Balaban J connectivity index is 2.44. The molecule has 0 aliphatic rings. The SMILES string of the molecule is CCOC(=O)c1c(/N=C/c2cccc([N+](=O)[O-])c2O)sc(C)c1C. The normalized spacial score (nSPS) is 11.0. The summed E-state index contributed by atoms with van der Waals surface area (Å²) in [4.78, 5) is 27.4. The molecule has 1 aromatic carbocycles. The number of hydrogen-bond acceptors (Lipinski definition) is 7. The highest BCUT2D eigenvalue weighted by Crippen LogP contribution is 2.36. The lowest BCUT2D eigenvalue weighted by Gasteiger charge is -2.03. The highest BCUT2D eigenvalue weighted by atomic mass is 32.1. The van der Waals surface area contributed by atoms with Crippen molar-refractivity contribution < 1.29 is 19.6 Å². The van der Waals surface area contributed by atoms with Crippen molar-refractivity contribution in [2.24, 2.45) is 4.99 Å². The first-order valence-electron chi connectivity index (χ1n) is 7.14. The van der Waals surface area contributed by atoms with Crippen LogP contribution in [0.1, 0.15) is 33.3 Å². The van der Waals surface area contributed by atoms with Gasteiger partial charge in [0.05, 0.1) is 17.1 Å². The number of aryl methyl sites for hydroxylation is 1. The number of aliphatic imine (C=N–C) groups is 1. The number of para-hydroxylation sites is 1. The average molecular weight is 348 g/mol. The number of benzene rings is 1. The molecule has 24 heavy (non-hydrogen) atoms. The molecule has 0 unspecified atom stereocenters. The van der Waals surface area contributed by atoms with Crippen LogP contribution in [0.5, 0.6) is 5.75 Å². The summed E-state index contributed by atoms with van der Waals surface area (Å²) in [5.74, 6) is -0.927. The van der Waals surface area contributed by atoms with E-state index in [1.807, 2.05) is 13.8 Å². The summed E-state index contributed by atoms with van der Waals surface area (Å²) in [5.41, 5.74) is 0.959. The number of nitro groups is 1. The molecule has 0 saturated heterocycles. The van der Waals surface area contributed by atoms with Crippen molar-refractivity contribution >= 4 is 34.2 Å². The van der Waals surface area contributed by atoms with Gasteiger partial charge in [-0.05, 0) is 32.4 Å². The van der Waals surface area contributed by atoms with Crippen LogP contribution in [0.25, 0.3) is 0 Å². The van der Waals surface area contributed by atoms with Gasteiger partial charge in [-0.15, -0.1) is 11.3 Å². The van der Waals surface area contributed by atoms with Crippen LogP contribution in [0, 0.1) is 24.0 Å². The van der Waals surface area contributed by atoms with Crippen LogP contribution < -0.4 is 0 Å². The van der Waals surface area contributed by atoms with Crippen LogP contribution >= 0.6 is 11.3 Å². The van der Waals surface area contributed by atoms with E-state index in [4.69, 9.17) is 4.74 Å². The fourth-order valence-electron chi connectivity index (χ4n) is 2.07. The number of phenolic OH excluding ortho intramolecular Hbond substituents is 1. The summed E-state index contributed by atoms with van der Waals surface area (Å²) in [6, 6.07) is 4.16. The Labute approximate surface area is 142 Å². The number of nitro benzene ring substituents is 1. The minimum absolute atomic E-state index is 0.197. The van der Waals surface area contributed by atoms with E-state index in [9.17, 15) is 20.0 Å². The minimum Gasteiger partial charge on any atom is -0.502 e. The number of esters is 1. The number of phenols is 1. The van der Waals surface area contributed by atoms with Crippen LogP contribution in [-0.4, -0.2) is 28.8 Å². The average Bonchev–Trinajstić information content (AvgIpc) is 2.81. The molecule has 0 aliphatic heterocycles. The van der Waals surface area contributed by atoms with Crippen molar-refractivity contribution in [3.8, 4) is 5.75 Å². The van der Waals surface area contributed by atoms with Gasteiger partial charge in [0, 0.05) is 22.7 Å². The molecule has 0 aliphatic carbocycles. The Kier molecular flexibility index (Phi) is 5.30. The number of carbonyl (C=O) groups excluding carboxylic acids is 1. The van der Waals surface area contributed by atoms with Gasteiger partial charge >= 0.3 is 11.7 Å². The Morgan fingerprint density at radius 1 is 1.46 bits per heavy atom. The molecule has 0 amide bonds. The van der Waals surface area contributed by atoms with Crippen molar-refractivity contribution in [3.05, 3.63) is 49.9 Å². The van der Waals surface area contributed by atoms with Crippen LogP contribution in [-0.2, 0) is 4.74 Å². The standard InChI is InChI=1S/C16H16N2O5S/c1-4-23-16(20)13-9(2)10(3)24-15(13)17-8-11-6-5-7-12(14(11)19)18(21)22/h5-8,19H,4H2,1-3H3/b17-8+. The van der Waals surface area contributed by atoms with Crippen LogP contribution in [0.2, 0.25) is 0 Å². The first kappa shape index (κ1) is 17.6. The topological polar surface area (TPSA) is 102 Å². The predicted octanol–water partition coefficient (Wildman–Crippen LogP) is 3.91. The number of rotatable bonds is 5. The molecule has 1 heterocycles. The maximum Gasteiger partial charge on any atom is 0.341 e. The van der Waals surface area contributed by atoms with E-state index in [0.717, 1.165) is 10.4 Å². The molecule has 0 radical (unpaired) electrons. The number of ether oxygens (including phenoxy) is 1. The van der Waals surface area contributed by atoms with Crippen LogP contribution in [0.3, 0.4) is 0 Å². The Morgan fingerprint density at radius 3 is 2.79 bits per heavy atom. The molecular weight excluding hydrogens is 332 g/mol. The zero-order valence-electron chi connectivity index (χ0n) is 13.4. The monoisotopic (exact) mass is 348 g/mol. The van der Waals surface area contributed by atoms with E-state index in [2.05, 4.69) is 4.99 Å². The van der Waals surface area contributed by atoms with Crippen LogP contribution in [0.15, 0.2) is 23.2 Å². The lowest BCUT2D eigenvalue weighted by atomic mass is 10.1. The highest BCUT2D eigenvalue weighted by molar-refractivity contribution is 7.16. The molecule has 1 aromatic heterocycles. The summed E-state index contributed by atoms with van der Waals surface area (Å²) in [6.07, 6.45) is 1.30. The summed E-state index contributed by atoms with van der Waals surface area (Å²) in [7, 11) is 0. The fourth-order valence-corrected chi connectivity index (χ4v) is 3.06. The first-order valence-corrected chi connectivity index (χ1v) is 7.96. The third kappa shape index (κ3) is 3.43.